The lowest BCUT2D eigenvalue weighted by atomic mass is 10.2. The highest BCUT2D eigenvalue weighted by Gasteiger charge is 2.27. The maximum absolute atomic E-state index is 12.4. The highest BCUT2D eigenvalue weighted by atomic mass is 32.2. The molecule has 1 aliphatic heterocycles. The molecule has 0 spiro atoms. The molecule has 8 heteroatoms. The van der Waals surface area contributed by atoms with E-state index in [4.69, 9.17) is 0 Å². The third-order valence-corrected chi connectivity index (χ3v) is 5.82. The molecule has 104 valence electrons. The summed E-state index contributed by atoms with van der Waals surface area (Å²) in [4.78, 5) is 10.3. The quantitative estimate of drug-likeness (QED) is 0.626. The summed E-state index contributed by atoms with van der Waals surface area (Å²) in [6.07, 6.45) is 0. The van der Waals surface area contributed by atoms with Gasteiger partial charge in [-0.15, -0.1) is 0 Å². The summed E-state index contributed by atoms with van der Waals surface area (Å²) in [5.74, 6) is 1.51. The molecule has 0 amide bonds. The van der Waals surface area contributed by atoms with Gasteiger partial charge in [0.2, 0.25) is 10.0 Å². The lowest BCUT2D eigenvalue weighted by molar-refractivity contribution is -0.385. The number of nitro benzene ring substituents is 1. The summed E-state index contributed by atoms with van der Waals surface area (Å²) in [6.45, 7) is 2.50. The normalized spacial score (nSPS) is 17.3. The van der Waals surface area contributed by atoms with Gasteiger partial charge in [0.25, 0.3) is 5.69 Å². The van der Waals surface area contributed by atoms with E-state index in [1.54, 1.807) is 18.7 Å². The van der Waals surface area contributed by atoms with Gasteiger partial charge >= 0.3 is 0 Å². The Morgan fingerprint density at radius 3 is 2.53 bits per heavy atom. The van der Waals surface area contributed by atoms with E-state index in [9.17, 15) is 18.5 Å². The second kappa shape index (κ2) is 5.48. The third kappa shape index (κ3) is 2.90. The summed E-state index contributed by atoms with van der Waals surface area (Å²) in [5.41, 5.74) is 0.297. The topological polar surface area (TPSA) is 80.5 Å². The van der Waals surface area contributed by atoms with Crippen LogP contribution in [0.3, 0.4) is 0 Å². The molecule has 0 radical (unpaired) electrons. The molecule has 0 unspecified atom stereocenters. The Hall–Kier alpha value is -1.12. The molecule has 0 saturated carbocycles. The average molecular weight is 302 g/mol. The van der Waals surface area contributed by atoms with Crippen molar-refractivity contribution in [2.75, 3.05) is 24.6 Å². The number of hydrogen-bond donors (Lipinski definition) is 0. The number of aryl methyl sites for hydroxylation is 1. The van der Waals surface area contributed by atoms with Crippen molar-refractivity contribution in [2.24, 2.45) is 0 Å². The number of nitro groups is 1. The first-order valence-corrected chi connectivity index (χ1v) is 8.35. The van der Waals surface area contributed by atoms with E-state index in [1.165, 1.54) is 16.4 Å². The fourth-order valence-electron chi connectivity index (χ4n) is 1.88. The molecule has 1 saturated heterocycles. The molecule has 0 aromatic heterocycles. The molecule has 1 aromatic rings. The van der Waals surface area contributed by atoms with Crippen LogP contribution in [0.2, 0.25) is 0 Å². The number of rotatable bonds is 3. The van der Waals surface area contributed by atoms with Gasteiger partial charge in [-0.3, -0.25) is 10.1 Å². The Labute approximate surface area is 116 Å². The number of thioether (sulfide) groups is 1. The predicted molar refractivity (Wildman–Crippen MR) is 73.9 cm³/mol. The van der Waals surface area contributed by atoms with Crippen LogP contribution in [0.25, 0.3) is 0 Å². The molecule has 6 nitrogen and oxygen atoms in total. The smallest absolute Gasteiger partial charge is 0.258 e. The van der Waals surface area contributed by atoms with Gasteiger partial charge in [-0.05, 0) is 13.0 Å². The second-order valence-electron chi connectivity index (χ2n) is 4.22. The van der Waals surface area contributed by atoms with E-state index in [0.717, 1.165) is 17.6 Å². The van der Waals surface area contributed by atoms with E-state index < -0.39 is 14.9 Å². The molecular weight excluding hydrogens is 288 g/mol. The van der Waals surface area contributed by atoms with Crippen molar-refractivity contribution in [1.29, 1.82) is 0 Å². The monoisotopic (exact) mass is 302 g/mol. The standard InChI is InChI=1S/C11H14N2O4S2/c1-9-2-3-10(8-11(9)13(14)15)19(16,17)12-4-6-18-7-5-12/h2-3,8H,4-7H2,1H3. The molecular formula is C11H14N2O4S2. The molecule has 0 atom stereocenters. The lowest BCUT2D eigenvalue weighted by Gasteiger charge is -2.25. The van der Waals surface area contributed by atoms with Crippen LogP contribution in [0.4, 0.5) is 5.69 Å². The Morgan fingerprint density at radius 2 is 1.95 bits per heavy atom. The molecule has 19 heavy (non-hydrogen) atoms. The molecule has 1 fully saturated rings. The van der Waals surface area contributed by atoms with Gasteiger partial charge in [-0.2, -0.15) is 16.1 Å². The number of sulfonamides is 1. The van der Waals surface area contributed by atoms with Crippen molar-refractivity contribution in [3.63, 3.8) is 0 Å². The van der Waals surface area contributed by atoms with Crippen molar-refractivity contribution in [3.8, 4) is 0 Å². The van der Waals surface area contributed by atoms with E-state index in [0.29, 0.717) is 18.7 Å². The lowest BCUT2D eigenvalue weighted by Crippen LogP contribution is -2.37. The van der Waals surface area contributed by atoms with Crippen LogP contribution >= 0.6 is 11.8 Å². The van der Waals surface area contributed by atoms with Gasteiger partial charge in [0.1, 0.15) is 0 Å². The van der Waals surface area contributed by atoms with Gasteiger partial charge in [-0.1, -0.05) is 6.07 Å². The zero-order valence-corrected chi connectivity index (χ0v) is 12.0. The molecule has 1 aliphatic rings. The Morgan fingerprint density at radius 1 is 1.32 bits per heavy atom. The average Bonchev–Trinajstić information content (AvgIpc) is 2.39. The highest BCUT2D eigenvalue weighted by Crippen LogP contribution is 2.25. The zero-order chi connectivity index (χ0) is 14.0. The predicted octanol–water partition coefficient (Wildman–Crippen LogP) is 1.64. The SMILES string of the molecule is Cc1ccc(S(=O)(=O)N2CCSCC2)cc1[N+](=O)[O-]. The molecule has 1 aromatic carbocycles. The maximum atomic E-state index is 12.4. The first-order valence-electron chi connectivity index (χ1n) is 5.76. The van der Waals surface area contributed by atoms with Crippen LogP contribution in [0.1, 0.15) is 5.56 Å². The number of hydrogen-bond acceptors (Lipinski definition) is 5. The zero-order valence-electron chi connectivity index (χ0n) is 10.4. The molecule has 0 N–H and O–H groups in total. The van der Waals surface area contributed by atoms with Gasteiger partial charge in [-0.25, -0.2) is 8.42 Å². The van der Waals surface area contributed by atoms with Crippen LogP contribution in [0.15, 0.2) is 23.1 Å². The van der Waals surface area contributed by atoms with Gasteiger partial charge in [0.05, 0.1) is 9.82 Å². The van der Waals surface area contributed by atoms with Crippen LogP contribution < -0.4 is 0 Å². The second-order valence-corrected chi connectivity index (χ2v) is 7.38. The van der Waals surface area contributed by atoms with E-state index >= 15 is 0 Å². The Balaban J connectivity index is 2.40. The minimum atomic E-state index is -3.62. The van der Waals surface area contributed by atoms with Gasteiger partial charge in [0, 0.05) is 36.2 Å². The van der Waals surface area contributed by atoms with E-state index in [2.05, 4.69) is 0 Å². The summed E-state index contributed by atoms with van der Waals surface area (Å²) in [5, 5.41) is 10.9. The first kappa shape index (κ1) is 14.3. The molecule has 0 aliphatic carbocycles. The first-order chi connectivity index (χ1) is 8.93. The van der Waals surface area contributed by atoms with Gasteiger partial charge < -0.3 is 0 Å². The number of benzene rings is 1. The fourth-order valence-corrected chi connectivity index (χ4v) is 4.48. The number of nitrogens with zero attached hydrogens (tertiary/aromatic N) is 2. The van der Waals surface area contributed by atoms with Crippen molar-refractivity contribution in [3.05, 3.63) is 33.9 Å². The van der Waals surface area contributed by atoms with Crippen LogP contribution in [0, 0.1) is 17.0 Å². The largest absolute Gasteiger partial charge is 0.273 e. The summed E-state index contributed by atoms with van der Waals surface area (Å²) >= 11 is 1.71. The van der Waals surface area contributed by atoms with E-state index in [-0.39, 0.29) is 10.6 Å². The molecule has 0 bridgehead atoms. The fraction of sp³-hybridized carbons (Fsp3) is 0.455. The van der Waals surface area contributed by atoms with Crippen LogP contribution in [-0.2, 0) is 10.0 Å². The Bertz CT molecular complexity index is 595. The van der Waals surface area contributed by atoms with Crippen molar-refractivity contribution in [1.82, 2.24) is 4.31 Å². The van der Waals surface area contributed by atoms with Gasteiger partial charge in [0.15, 0.2) is 0 Å². The van der Waals surface area contributed by atoms with E-state index in [1.807, 2.05) is 0 Å². The summed E-state index contributed by atoms with van der Waals surface area (Å²) in [6, 6.07) is 4.05. The minimum Gasteiger partial charge on any atom is -0.258 e. The van der Waals surface area contributed by atoms with Crippen LogP contribution in [-0.4, -0.2) is 42.2 Å². The van der Waals surface area contributed by atoms with Crippen molar-refractivity contribution >= 4 is 27.5 Å². The summed E-state index contributed by atoms with van der Waals surface area (Å²) in [7, 11) is -3.62. The van der Waals surface area contributed by atoms with Crippen molar-refractivity contribution in [2.45, 2.75) is 11.8 Å². The van der Waals surface area contributed by atoms with Crippen molar-refractivity contribution < 1.29 is 13.3 Å². The highest BCUT2D eigenvalue weighted by molar-refractivity contribution is 7.99. The minimum absolute atomic E-state index is 0.00306. The Kier molecular flexibility index (Phi) is 4.12. The summed E-state index contributed by atoms with van der Waals surface area (Å²) < 4.78 is 26.1. The van der Waals surface area contributed by atoms with Crippen LogP contribution in [0.5, 0.6) is 0 Å². The molecule has 2 rings (SSSR count). The third-order valence-electron chi connectivity index (χ3n) is 2.99. The maximum Gasteiger partial charge on any atom is 0.273 e. The molecule has 1 heterocycles.